The molecule has 2 N–H and O–H groups in total. The normalized spacial score (nSPS) is 17.1. The maximum atomic E-state index is 12.2. The van der Waals surface area contributed by atoms with Gasteiger partial charge in [-0.2, -0.15) is 5.26 Å². The minimum atomic E-state index is -3.64. The van der Waals surface area contributed by atoms with E-state index in [9.17, 15) is 13.5 Å². The number of halogens is 1. The predicted molar refractivity (Wildman–Crippen MR) is 87.7 cm³/mol. The van der Waals surface area contributed by atoms with E-state index in [-0.39, 0.29) is 21.6 Å². The van der Waals surface area contributed by atoms with E-state index in [0.717, 1.165) is 32.5 Å². The summed E-state index contributed by atoms with van der Waals surface area (Å²) in [5.74, 6) is 0. The van der Waals surface area contributed by atoms with Gasteiger partial charge in [0.05, 0.1) is 21.6 Å². The largest absolute Gasteiger partial charge is 0.393 e. The fraction of sp³-hybridized carbons (Fsp3) is 0.533. The van der Waals surface area contributed by atoms with Crippen LogP contribution in [0.4, 0.5) is 0 Å². The monoisotopic (exact) mass is 357 g/mol. The number of nitrogens with zero attached hydrogens (tertiary/aromatic N) is 2. The Morgan fingerprint density at radius 3 is 2.74 bits per heavy atom. The third kappa shape index (κ3) is 5.16. The zero-order valence-corrected chi connectivity index (χ0v) is 14.3. The van der Waals surface area contributed by atoms with Gasteiger partial charge in [0.1, 0.15) is 6.07 Å². The summed E-state index contributed by atoms with van der Waals surface area (Å²) in [5, 5.41) is 18.6. The van der Waals surface area contributed by atoms with Crippen LogP contribution in [0.25, 0.3) is 0 Å². The predicted octanol–water partition coefficient (Wildman–Crippen LogP) is 1.34. The zero-order valence-electron chi connectivity index (χ0n) is 12.7. The van der Waals surface area contributed by atoms with Crippen LogP contribution in [-0.4, -0.2) is 50.7 Å². The van der Waals surface area contributed by atoms with Crippen molar-refractivity contribution in [3.63, 3.8) is 0 Å². The molecular weight excluding hydrogens is 338 g/mol. The molecule has 0 radical (unpaired) electrons. The average molecular weight is 358 g/mol. The molecule has 1 aliphatic rings. The van der Waals surface area contributed by atoms with Crippen molar-refractivity contribution < 1.29 is 13.5 Å². The molecule has 126 valence electrons. The smallest absolute Gasteiger partial charge is 0.240 e. The first-order valence-electron chi connectivity index (χ1n) is 7.52. The Hall–Kier alpha value is -1.17. The maximum absolute atomic E-state index is 12.2. The molecule has 8 heteroatoms. The van der Waals surface area contributed by atoms with Gasteiger partial charge in [-0.15, -0.1) is 0 Å². The number of likely N-dealkylation sites (tertiary alicyclic amines) is 1. The number of nitriles is 1. The van der Waals surface area contributed by atoms with Crippen molar-refractivity contribution in [1.29, 1.82) is 5.26 Å². The molecule has 0 saturated carbocycles. The molecule has 23 heavy (non-hydrogen) atoms. The molecule has 2 rings (SSSR count). The molecule has 1 aromatic carbocycles. The van der Waals surface area contributed by atoms with Crippen molar-refractivity contribution in [3.8, 4) is 6.07 Å². The van der Waals surface area contributed by atoms with E-state index in [1.165, 1.54) is 18.2 Å². The Morgan fingerprint density at radius 2 is 2.09 bits per heavy atom. The highest BCUT2D eigenvalue weighted by Gasteiger charge is 2.18. The molecule has 1 aromatic rings. The van der Waals surface area contributed by atoms with Gasteiger partial charge in [-0.1, -0.05) is 11.6 Å². The molecule has 0 aromatic heterocycles. The number of aliphatic hydroxyl groups is 1. The minimum absolute atomic E-state index is 0.0412. The van der Waals surface area contributed by atoms with Gasteiger partial charge in [0.2, 0.25) is 10.0 Å². The molecule has 0 amide bonds. The zero-order chi connectivity index (χ0) is 16.9. The van der Waals surface area contributed by atoms with E-state index in [0.29, 0.717) is 13.0 Å². The van der Waals surface area contributed by atoms with Gasteiger partial charge in [-0.25, -0.2) is 13.1 Å². The second-order valence-corrected chi connectivity index (χ2v) is 7.75. The van der Waals surface area contributed by atoms with Gasteiger partial charge in [0.15, 0.2) is 0 Å². The van der Waals surface area contributed by atoms with E-state index < -0.39 is 10.0 Å². The van der Waals surface area contributed by atoms with E-state index >= 15 is 0 Å². The van der Waals surface area contributed by atoms with Gasteiger partial charge < -0.3 is 10.0 Å². The number of hydrogen-bond acceptors (Lipinski definition) is 5. The Kier molecular flexibility index (Phi) is 6.39. The highest BCUT2D eigenvalue weighted by molar-refractivity contribution is 7.89. The van der Waals surface area contributed by atoms with Crippen LogP contribution in [0.15, 0.2) is 23.1 Å². The Morgan fingerprint density at radius 1 is 1.39 bits per heavy atom. The molecule has 0 bridgehead atoms. The maximum Gasteiger partial charge on any atom is 0.240 e. The number of sulfonamides is 1. The molecule has 0 aliphatic carbocycles. The summed E-state index contributed by atoms with van der Waals surface area (Å²) in [6.45, 7) is 2.80. The highest BCUT2D eigenvalue weighted by Crippen LogP contribution is 2.19. The van der Waals surface area contributed by atoms with Crippen LogP contribution in [-0.2, 0) is 10.0 Å². The lowest BCUT2D eigenvalue weighted by atomic mass is 10.1. The molecule has 1 aliphatic heterocycles. The van der Waals surface area contributed by atoms with Crippen molar-refractivity contribution >= 4 is 21.6 Å². The number of benzene rings is 1. The summed E-state index contributed by atoms with van der Waals surface area (Å²) in [6.07, 6.45) is 2.03. The molecule has 1 fully saturated rings. The number of piperidine rings is 1. The Bertz CT molecular complexity index is 680. The van der Waals surface area contributed by atoms with Crippen molar-refractivity contribution in [3.05, 3.63) is 28.8 Å². The number of nitrogens with one attached hydrogen (secondary N) is 1. The van der Waals surface area contributed by atoms with Gasteiger partial charge in [0.25, 0.3) is 0 Å². The number of aliphatic hydroxyl groups excluding tert-OH is 1. The lowest BCUT2D eigenvalue weighted by Gasteiger charge is -2.29. The van der Waals surface area contributed by atoms with E-state index in [1.807, 2.05) is 6.07 Å². The Labute approximate surface area is 141 Å². The van der Waals surface area contributed by atoms with Gasteiger partial charge >= 0.3 is 0 Å². The summed E-state index contributed by atoms with van der Waals surface area (Å²) in [7, 11) is -3.64. The highest BCUT2D eigenvalue weighted by atomic mass is 35.5. The quantitative estimate of drug-likeness (QED) is 0.749. The summed E-state index contributed by atoms with van der Waals surface area (Å²) in [4.78, 5) is 2.26. The first-order valence-corrected chi connectivity index (χ1v) is 9.38. The third-order valence-electron chi connectivity index (χ3n) is 3.87. The number of rotatable bonds is 6. The molecule has 1 saturated heterocycles. The molecule has 0 spiro atoms. The summed E-state index contributed by atoms with van der Waals surface area (Å²) in [6, 6.07) is 5.94. The van der Waals surface area contributed by atoms with Crippen molar-refractivity contribution in [2.24, 2.45) is 0 Å². The molecule has 0 atom stereocenters. The van der Waals surface area contributed by atoms with E-state index in [4.69, 9.17) is 16.9 Å². The molecule has 6 nitrogen and oxygen atoms in total. The molecule has 0 unspecified atom stereocenters. The van der Waals surface area contributed by atoms with Gasteiger partial charge in [-0.05, 0) is 44.0 Å². The summed E-state index contributed by atoms with van der Waals surface area (Å²) >= 11 is 5.81. The van der Waals surface area contributed by atoms with Crippen LogP contribution in [0, 0.1) is 11.3 Å². The number of hydrogen-bond donors (Lipinski definition) is 2. The standard InChI is InChI=1S/C15H20ClN3O3S/c16-15-3-2-14(10-12(15)11-17)23(21,22)18-6-1-7-19-8-4-13(20)5-9-19/h2-3,10,13,18,20H,1,4-9H2. The summed E-state index contributed by atoms with van der Waals surface area (Å²) in [5.41, 5.74) is 0.140. The van der Waals surface area contributed by atoms with Crippen molar-refractivity contribution in [1.82, 2.24) is 9.62 Å². The van der Waals surface area contributed by atoms with Crippen LogP contribution < -0.4 is 4.72 Å². The fourth-order valence-corrected chi connectivity index (χ4v) is 3.75. The van der Waals surface area contributed by atoms with Gasteiger partial charge in [-0.3, -0.25) is 0 Å². The second-order valence-electron chi connectivity index (χ2n) is 5.58. The lowest BCUT2D eigenvalue weighted by Crippen LogP contribution is -2.37. The third-order valence-corrected chi connectivity index (χ3v) is 5.66. The topological polar surface area (TPSA) is 93.4 Å². The van der Waals surface area contributed by atoms with Crippen molar-refractivity contribution in [2.45, 2.75) is 30.3 Å². The second kappa shape index (κ2) is 8.08. The first kappa shape index (κ1) is 18.2. The first-order chi connectivity index (χ1) is 10.9. The minimum Gasteiger partial charge on any atom is -0.393 e. The van der Waals surface area contributed by atoms with Crippen LogP contribution in [0.3, 0.4) is 0 Å². The average Bonchev–Trinajstić information content (AvgIpc) is 2.53. The van der Waals surface area contributed by atoms with Crippen molar-refractivity contribution in [2.75, 3.05) is 26.2 Å². The van der Waals surface area contributed by atoms with Crippen LogP contribution in [0.5, 0.6) is 0 Å². The lowest BCUT2D eigenvalue weighted by molar-refractivity contribution is 0.0823. The van der Waals surface area contributed by atoms with Crippen LogP contribution in [0.1, 0.15) is 24.8 Å². The summed E-state index contributed by atoms with van der Waals surface area (Å²) < 4.78 is 26.9. The van der Waals surface area contributed by atoms with E-state index in [2.05, 4.69) is 9.62 Å². The van der Waals surface area contributed by atoms with Crippen LogP contribution >= 0.6 is 11.6 Å². The molecular formula is C15H20ClN3O3S. The fourth-order valence-electron chi connectivity index (χ4n) is 2.49. The molecule has 1 heterocycles. The Balaban J connectivity index is 1.84. The van der Waals surface area contributed by atoms with Gasteiger partial charge in [0, 0.05) is 19.6 Å². The SMILES string of the molecule is N#Cc1cc(S(=O)(=O)NCCCN2CCC(O)CC2)ccc1Cl. The van der Waals surface area contributed by atoms with Crippen LogP contribution in [0.2, 0.25) is 5.02 Å². The van der Waals surface area contributed by atoms with E-state index in [1.54, 1.807) is 0 Å².